The molecule has 0 fully saturated rings. The van der Waals surface area contributed by atoms with Crippen LogP contribution in [0.25, 0.3) is 0 Å². The van der Waals surface area contributed by atoms with Crippen molar-refractivity contribution in [3.63, 3.8) is 0 Å². The first-order chi connectivity index (χ1) is 9.15. The summed E-state index contributed by atoms with van der Waals surface area (Å²) in [5, 5.41) is 0. The number of nitrogens with zero attached hydrogens (tertiary/aromatic N) is 2. The summed E-state index contributed by atoms with van der Waals surface area (Å²) in [5.74, 6) is 2.50. The van der Waals surface area contributed by atoms with Gasteiger partial charge in [-0.2, -0.15) is 0 Å². The molecule has 2 N–H and O–H groups in total. The van der Waals surface area contributed by atoms with E-state index >= 15 is 0 Å². The third-order valence-electron chi connectivity index (χ3n) is 3.69. The highest BCUT2D eigenvalue weighted by Crippen LogP contribution is 2.31. The fourth-order valence-corrected chi connectivity index (χ4v) is 2.35. The SMILES string of the molecule is Cc1nc(C2COc3ccccc3C2)nc(N)c1C. The second-order valence-electron chi connectivity index (χ2n) is 5.00. The van der Waals surface area contributed by atoms with Gasteiger partial charge in [-0.3, -0.25) is 0 Å². The predicted molar refractivity (Wildman–Crippen MR) is 74.3 cm³/mol. The van der Waals surface area contributed by atoms with E-state index in [0.29, 0.717) is 12.4 Å². The third-order valence-corrected chi connectivity index (χ3v) is 3.69. The maximum absolute atomic E-state index is 5.93. The van der Waals surface area contributed by atoms with E-state index in [-0.39, 0.29) is 5.92 Å². The first-order valence-corrected chi connectivity index (χ1v) is 6.46. The van der Waals surface area contributed by atoms with Crippen molar-refractivity contribution in [3.8, 4) is 5.75 Å². The molecule has 1 unspecified atom stereocenters. The first kappa shape index (κ1) is 12.0. The Balaban J connectivity index is 1.93. The van der Waals surface area contributed by atoms with Crippen molar-refractivity contribution in [2.75, 3.05) is 12.3 Å². The van der Waals surface area contributed by atoms with Gasteiger partial charge in [0.25, 0.3) is 0 Å². The second kappa shape index (κ2) is 4.53. The zero-order valence-corrected chi connectivity index (χ0v) is 11.2. The minimum Gasteiger partial charge on any atom is -0.493 e. The van der Waals surface area contributed by atoms with Crippen LogP contribution in [0.5, 0.6) is 5.75 Å². The zero-order chi connectivity index (χ0) is 13.4. The summed E-state index contributed by atoms with van der Waals surface area (Å²) in [4.78, 5) is 8.98. The molecule has 98 valence electrons. The average molecular weight is 255 g/mol. The summed E-state index contributed by atoms with van der Waals surface area (Å²) >= 11 is 0. The Kier molecular flexibility index (Phi) is 2.85. The Morgan fingerprint density at radius 1 is 1.21 bits per heavy atom. The van der Waals surface area contributed by atoms with Crippen LogP contribution in [0.3, 0.4) is 0 Å². The van der Waals surface area contributed by atoms with Gasteiger partial charge in [0.05, 0.1) is 12.5 Å². The molecule has 1 aliphatic heterocycles. The van der Waals surface area contributed by atoms with Crippen LogP contribution in [-0.2, 0) is 6.42 Å². The summed E-state index contributed by atoms with van der Waals surface area (Å²) in [7, 11) is 0. The minimum atomic E-state index is 0.177. The van der Waals surface area contributed by atoms with Crippen LogP contribution in [-0.4, -0.2) is 16.6 Å². The van der Waals surface area contributed by atoms with Crippen molar-refractivity contribution in [1.29, 1.82) is 0 Å². The summed E-state index contributed by atoms with van der Waals surface area (Å²) in [6, 6.07) is 8.11. The van der Waals surface area contributed by atoms with Crippen LogP contribution >= 0.6 is 0 Å². The molecule has 1 aliphatic rings. The lowest BCUT2D eigenvalue weighted by Gasteiger charge is -2.24. The van der Waals surface area contributed by atoms with Gasteiger partial charge in [0.15, 0.2) is 0 Å². The van der Waals surface area contributed by atoms with Crippen molar-refractivity contribution in [1.82, 2.24) is 9.97 Å². The van der Waals surface area contributed by atoms with Gasteiger partial charge in [0.1, 0.15) is 17.4 Å². The Bertz CT molecular complexity index is 602. The molecule has 2 aromatic rings. The smallest absolute Gasteiger partial charge is 0.137 e. The molecular weight excluding hydrogens is 238 g/mol. The van der Waals surface area contributed by atoms with Gasteiger partial charge in [-0.1, -0.05) is 18.2 Å². The van der Waals surface area contributed by atoms with E-state index in [4.69, 9.17) is 10.5 Å². The van der Waals surface area contributed by atoms with Crippen LogP contribution in [0.1, 0.15) is 28.6 Å². The highest BCUT2D eigenvalue weighted by molar-refractivity contribution is 5.42. The minimum absolute atomic E-state index is 0.177. The molecule has 3 rings (SSSR count). The number of hydrogen-bond donors (Lipinski definition) is 1. The standard InChI is InChI=1S/C15H17N3O/c1-9-10(2)17-15(18-14(9)16)12-7-11-5-3-4-6-13(11)19-8-12/h3-6,12H,7-8H2,1-2H3,(H2,16,17,18). The third kappa shape index (κ3) is 2.14. The number of para-hydroxylation sites is 1. The number of anilines is 1. The molecule has 0 aliphatic carbocycles. The highest BCUT2D eigenvalue weighted by atomic mass is 16.5. The average Bonchev–Trinajstić information content (AvgIpc) is 2.43. The summed E-state index contributed by atoms with van der Waals surface area (Å²) in [6.07, 6.45) is 0.901. The van der Waals surface area contributed by atoms with E-state index in [2.05, 4.69) is 16.0 Å². The molecule has 4 heteroatoms. The fraction of sp³-hybridized carbons (Fsp3) is 0.333. The van der Waals surface area contributed by atoms with Crippen molar-refractivity contribution >= 4 is 5.82 Å². The predicted octanol–water partition coefficient (Wildman–Crippen LogP) is 2.39. The van der Waals surface area contributed by atoms with Crippen molar-refractivity contribution < 1.29 is 4.74 Å². The van der Waals surface area contributed by atoms with E-state index in [1.54, 1.807) is 0 Å². The molecule has 0 spiro atoms. The van der Waals surface area contributed by atoms with E-state index in [1.807, 2.05) is 32.0 Å². The molecule has 0 amide bonds. The van der Waals surface area contributed by atoms with Gasteiger partial charge in [-0.05, 0) is 31.9 Å². The van der Waals surface area contributed by atoms with Crippen LogP contribution in [0.15, 0.2) is 24.3 Å². The molecule has 0 saturated carbocycles. The number of aromatic nitrogens is 2. The highest BCUT2D eigenvalue weighted by Gasteiger charge is 2.24. The summed E-state index contributed by atoms with van der Waals surface area (Å²) < 4.78 is 5.78. The van der Waals surface area contributed by atoms with Gasteiger partial charge in [0.2, 0.25) is 0 Å². The number of rotatable bonds is 1. The molecular formula is C15H17N3O. The lowest BCUT2D eigenvalue weighted by Crippen LogP contribution is -2.22. The van der Waals surface area contributed by atoms with Gasteiger partial charge in [-0.15, -0.1) is 0 Å². The lowest BCUT2D eigenvalue weighted by molar-refractivity contribution is 0.257. The number of aryl methyl sites for hydroxylation is 1. The van der Waals surface area contributed by atoms with E-state index in [9.17, 15) is 0 Å². The largest absolute Gasteiger partial charge is 0.493 e. The van der Waals surface area contributed by atoms with Gasteiger partial charge in [0, 0.05) is 11.3 Å². The molecule has 0 bridgehead atoms. The maximum atomic E-state index is 5.93. The molecule has 19 heavy (non-hydrogen) atoms. The second-order valence-corrected chi connectivity index (χ2v) is 5.00. The quantitative estimate of drug-likeness (QED) is 0.850. The van der Waals surface area contributed by atoms with E-state index in [0.717, 1.165) is 29.3 Å². The molecule has 1 aromatic heterocycles. The zero-order valence-electron chi connectivity index (χ0n) is 11.2. The first-order valence-electron chi connectivity index (χ1n) is 6.46. The molecule has 4 nitrogen and oxygen atoms in total. The Labute approximate surface area is 112 Å². The van der Waals surface area contributed by atoms with Crippen LogP contribution in [0.4, 0.5) is 5.82 Å². The number of hydrogen-bond acceptors (Lipinski definition) is 4. The number of fused-ring (bicyclic) bond motifs is 1. The van der Waals surface area contributed by atoms with Crippen LogP contribution in [0.2, 0.25) is 0 Å². The van der Waals surface area contributed by atoms with Gasteiger partial charge < -0.3 is 10.5 Å². The topological polar surface area (TPSA) is 61.0 Å². The normalized spacial score (nSPS) is 17.7. The van der Waals surface area contributed by atoms with Crippen LogP contribution < -0.4 is 10.5 Å². The van der Waals surface area contributed by atoms with Crippen LogP contribution in [0, 0.1) is 13.8 Å². The number of nitrogens with two attached hydrogens (primary N) is 1. The monoisotopic (exact) mass is 255 g/mol. The molecule has 0 saturated heterocycles. The maximum Gasteiger partial charge on any atom is 0.137 e. The molecule has 2 heterocycles. The lowest BCUT2D eigenvalue weighted by atomic mass is 9.96. The fourth-order valence-electron chi connectivity index (χ4n) is 2.35. The molecule has 1 aromatic carbocycles. The number of benzene rings is 1. The molecule has 0 radical (unpaired) electrons. The van der Waals surface area contributed by atoms with Crippen molar-refractivity contribution in [2.24, 2.45) is 0 Å². The molecule has 1 atom stereocenters. The van der Waals surface area contributed by atoms with E-state index in [1.165, 1.54) is 5.56 Å². The number of nitrogen functional groups attached to an aromatic ring is 1. The summed E-state index contributed by atoms with van der Waals surface area (Å²) in [5.41, 5.74) is 9.04. The van der Waals surface area contributed by atoms with Crippen molar-refractivity contribution in [3.05, 3.63) is 46.9 Å². The Morgan fingerprint density at radius 3 is 2.79 bits per heavy atom. The Morgan fingerprint density at radius 2 is 2.00 bits per heavy atom. The number of ether oxygens (including phenoxy) is 1. The summed E-state index contributed by atoms with van der Waals surface area (Å²) in [6.45, 7) is 4.52. The van der Waals surface area contributed by atoms with Gasteiger partial charge >= 0.3 is 0 Å². The van der Waals surface area contributed by atoms with E-state index < -0.39 is 0 Å². The Hall–Kier alpha value is -2.10. The van der Waals surface area contributed by atoms with Gasteiger partial charge in [-0.25, -0.2) is 9.97 Å². The van der Waals surface area contributed by atoms with Crippen molar-refractivity contribution in [2.45, 2.75) is 26.2 Å².